The summed E-state index contributed by atoms with van der Waals surface area (Å²) in [5.74, 6) is 0. The summed E-state index contributed by atoms with van der Waals surface area (Å²) in [6.45, 7) is 6.01. The third-order valence-electron chi connectivity index (χ3n) is 2.21. The molecule has 2 heteroatoms. The number of nitrogens with zero attached hydrogens (tertiary/aromatic N) is 1. The number of hydrogen-bond donors (Lipinski definition) is 0. The fraction of sp³-hybridized carbons (Fsp3) is 0.0909. The van der Waals surface area contributed by atoms with Gasteiger partial charge >= 0.3 is 0 Å². The first-order chi connectivity index (χ1) is 6.20. The molecule has 1 aliphatic rings. The van der Waals surface area contributed by atoms with Crippen LogP contribution >= 0.6 is 12.2 Å². The quantitative estimate of drug-likeness (QED) is 0.557. The Labute approximate surface area is 82.1 Å². The van der Waals surface area contributed by atoms with E-state index in [1.54, 1.807) is 6.20 Å². The van der Waals surface area contributed by atoms with Crippen molar-refractivity contribution in [1.82, 2.24) is 0 Å². The molecule has 0 fully saturated rings. The molecule has 1 aliphatic heterocycles. The van der Waals surface area contributed by atoms with E-state index in [0.717, 1.165) is 26.6 Å². The highest BCUT2D eigenvalue weighted by atomic mass is 32.1. The van der Waals surface area contributed by atoms with Crippen LogP contribution in [0.5, 0.6) is 0 Å². The highest BCUT2D eigenvalue weighted by Crippen LogP contribution is 2.00. The third-order valence-corrected chi connectivity index (χ3v) is 2.57. The lowest BCUT2D eigenvalue weighted by Gasteiger charge is -2.05. The summed E-state index contributed by atoms with van der Waals surface area (Å²) in [5, 5.41) is 1.90. The van der Waals surface area contributed by atoms with Gasteiger partial charge in [0.15, 0.2) is 0 Å². The van der Waals surface area contributed by atoms with Crippen molar-refractivity contribution in [3.8, 4) is 0 Å². The highest BCUT2D eigenvalue weighted by Gasteiger charge is 2.05. The molecule has 0 saturated heterocycles. The fourth-order valence-electron chi connectivity index (χ4n) is 1.35. The molecule has 0 spiro atoms. The van der Waals surface area contributed by atoms with E-state index in [1.807, 2.05) is 25.1 Å². The average Bonchev–Trinajstić information content (AvgIpc) is 2.12. The Bertz CT molecular complexity index is 512. The van der Waals surface area contributed by atoms with Crippen LogP contribution in [0.4, 0.5) is 0 Å². The Balaban J connectivity index is 2.94. The number of hydrogen-bond acceptors (Lipinski definition) is 2. The van der Waals surface area contributed by atoms with Crippen molar-refractivity contribution in [1.29, 1.82) is 0 Å². The molecule has 1 aromatic rings. The minimum Gasteiger partial charge on any atom is -0.256 e. The van der Waals surface area contributed by atoms with Crippen LogP contribution in [0.25, 0.3) is 6.58 Å². The van der Waals surface area contributed by atoms with Crippen LogP contribution in [0.15, 0.2) is 29.4 Å². The zero-order chi connectivity index (χ0) is 9.42. The van der Waals surface area contributed by atoms with Gasteiger partial charge in [0.25, 0.3) is 0 Å². The maximum atomic E-state index is 5.19. The SMILES string of the molecule is C=c1c(C)ccc2c1=NC=CC2=S. The lowest BCUT2D eigenvalue weighted by Crippen LogP contribution is -2.32. The van der Waals surface area contributed by atoms with Crippen LogP contribution in [0, 0.1) is 6.92 Å². The van der Waals surface area contributed by atoms with Gasteiger partial charge in [-0.3, -0.25) is 4.99 Å². The minimum absolute atomic E-state index is 0.843. The molecule has 0 bridgehead atoms. The predicted octanol–water partition coefficient (Wildman–Crippen LogP) is 1.27. The van der Waals surface area contributed by atoms with E-state index in [2.05, 4.69) is 11.6 Å². The molecule has 13 heavy (non-hydrogen) atoms. The second-order valence-corrected chi connectivity index (χ2v) is 3.51. The van der Waals surface area contributed by atoms with E-state index in [1.165, 1.54) is 0 Å². The monoisotopic (exact) mass is 187 g/mol. The number of thiocarbonyl (C=S) groups is 1. The Morgan fingerprint density at radius 1 is 1.38 bits per heavy atom. The largest absolute Gasteiger partial charge is 0.256 e. The molecule has 0 aromatic heterocycles. The Kier molecular flexibility index (Phi) is 1.85. The molecule has 1 heterocycles. The summed E-state index contributed by atoms with van der Waals surface area (Å²) in [4.78, 5) is 5.12. The molecule has 0 atom stereocenters. The van der Waals surface area contributed by atoms with Gasteiger partial charge in [0.1, 0.15) is 0 Å². The Morgan fingerprint density at radius 3 is 2.92 bits per heavy atom. The van der Waals surface area contributed by atoms with Gasteiger partial charge in [-0.15, -0.1) is 0 Å². The summed E-state index contributed by atoms with van der Waals surface area (Å²) in [5.41, 5.74) is 2.17. The minimum atomic E-state index is 0.843. The summed E-state index contributed by atoms with van der Waals surface area (Å²) in [6.07, 6.45) is 3.57. The maximum Gasteiger partial charge on any atom is 0.0785 e. The van der Waals surface area contributed by atoms with Crippen molar-refractivity contribution in [3.63, 3.8) is 0 Å². The zero-order valence-corrected chi connectivity index (χ0v) is 8.19. The van der Waals surface area contributed by atoms with Crippen LogP contribution in [0.3, 0.4) is 0 Å². The van der Waals surface area contributed by atoms with E-state index in [-0.39, 0.29) is 0 Å². The first-order valence-electron chi connectivity index (χ1n) is 4.07. The number of allylic oxidation sites excluding steroid dienone is 1. The summed E-state index contributed by atoms with van der Waals surface area (Å²) < 4.78 is 0. The highest BCUT2D eigenvalue weighted by molar-refractivity contribution is 7.81. The molecule has 0 radical (unpaired) electrons. The summed E-state index contributed by atoms with van der Waals surface area (Å²) >= 11 is 5.19. The summed E-state index contributed by atoms with van der Waals surface area (Å²) in [6, 6.07) is 4.04. The molecule has 1 aromatic carbocycles. The molecule has 0 unspecified atom stereocenters. The molecule has 1 nitrogen and oxygen atoms in total. The van der Waals surface area contributed by atoms with Crippen molar-refractivity contribution in [2.24, 2.45) is 4.99 Å². The molecule has 0 N–H and O–H groups in total. The van der Waals surface area contributed by atoms with Gasteiger partial charge in [-0.25, -0.2) is 0 Å². The van der Waals surface area contributed by atoms with E-state index in [4.69, 9.17) is 12.2 Å². The lowest BCUT2D eigenvalue weighted by molar-refractivity contribution is 1.24. The van der Waals surface area contributed by atoms with Crippen LogP contribution in [-0.2, 0) is 0 Å². The van der Waals surface area contributed by atoms with Crippen LogP contribution in [-0.4, -0.2) is 4.86 Å². The van der Waals surface area contributed by atoms with Crippen molar-refractivity contribution in [2.75, 3.05) is 0 Å². The maximum absolute atomic E-state index is 5.19. The standard InChI is InChI=1S/C11H9NS/c1-7-3-4-9-10(13)5-6-12-11(9)8(7)2/h3-6H,2H2,1H3. The number of benzene rings is 1. The van der Waals surface area contributed by atoms with E-state index in [9.17, 15) is 0 Å². The van der Waals surface area contributed by atoms with Crippen molar-refractivity contribution in [3.05, 3.63) is 46.1 Å². The van der Waals surface area contributed by atoms with Gasteiger partial charge < -0.3 is 0 Å². The molecule has 0 amide bonds. The molecule has 0 aliphatic carbocycles. The van der Waals surface area contributed by atoms with Gasteiger partial charge in [0, 0.05) is 16.6 Å². The Morgan fingerprint density at radius 2 is 2.15 bits per heavy atom. The van der Waals surface area contributed by atoms with Gasteiger partial charge in [-0.05, 0) is 23.8 Å². The van der Waals surface area contributed by atoms with Gasteiger partial charge in [0.2, 0.25) is 0 Å². The van der Waals surface area contributed by atoms with Crippen LogP contribution < -0.4 is 10.6 Å². The normalized spacial score (nSPS) is 13.8. The molecular weight excluding hydrogens is 178 g/mol. The van der Waals surface area contributed by atoms with Crippen LogP contribution in [0.2, 0.25) is 0 Å². The first-order valence-corrected chi connectivity index (χ1v) is 4.48. The van der Waals surface area contributed by atoms with E-state index in [0.29, 0.717) is 0 Å². The van der Waals surface area contributed by atoms with Gasteiger partial charge in [-0.1, -0.05) is 30.9 Å². The predicted molar refractivity (Wildman–Crippen MR) is 58.3 cm³/mol. The van der Waals surface area contributed by atoms with Crippen molar-refractivity contribution < 1.29 is 0 Å². The molecule has 64 valence electrons. The molecule has 2 rings (SSSR count). The smallest absolute Gasteiger partial charge is 0.0785 e. The molecule has 0 saturated carbocycles. The average molecular weight is 187 g/mol. The second kappa shape index (κ2) is 2.89. The fourth-order valence-corrected chi connectivity index (χ4v) is 1.58. The number of fused-ring (bicyclic) bond motifs is 1. The van der Waals surface area contributed by atoms with E-state index < -0.39 is 0 Å². The molecular formula is C11H9NS. The summed E-state index contributed by atoms with van der Waals surface area (Å²) in [7, 11) is 0. The van der Waals surface area contributed by atoms with Crippen molar-refractivity contribution in [2.45, 2.75) is 6.92 Å². The van der Waals surface area contributed by atoms with Gasteiger partial charge in [-0.2, -0.15) is 0 Å². The Hall–Kier alpha value is -1.28. The second-order valence-electron chi connectivity index (χ2n) is 3.07. The number of rotatable bonds is 0. The van der Waals surface area contributed by atoms with Crippen molar-refractivity contribution >= 4 is 23.7 Å². The van der Waals surface area contributed by atoms with E-state index >= 15 is 0 Å². The number of aryl methyl sites for hydroxylation is 1. The first kappa shape index (κ1) is 8.32. The van der Waals surface area contributed by atoms with Crippen LogP contribution in [0.1, 0.15) is 11.1 Å². The van der Waals surface area contributed by atoms with Gasteiger partial charge in [0.05, 0.1) is 5.36 Å². The zero-order valence-electron chi connectivity index (χ0n) is 7.37. The lowest BCUT2D eigenvalue weighted by atomic mass is 10.0. The topological polar surface area (TPSA) is 12.4 Å². The third kappa shape index (κ3) is 1.23.